The molecule has 0 rings (SSSR count). The smallest absolute Gasteiger partial charge is 0.302 e. The van der Waals surface area contributed by atoms with E-state index in [4.69, 9.17) is 9.47 Å². The highest BCUT2D eigenvalue weighted by atomic mass is 16.5. The molecule has 0 aliphatic carbocycles. The molecule has 0 aromatic rings. The molecule has 0 saturated heterocycles. The van der Waals surface area contributed by atoms with Crippen LogP contribution in [0.25, 0.3) is 0 Å². The van der Waals surface area contributed by atoms with Crippen LogP contribution in [-0.2, 0) is 23.9 Å². The molecular weight excluding hydrogens is 224 g/mol. The van der Waals surface area contributed by atoms with E-state index in [0.717, 1.165) is 0 Å². The molecule has 0 saturated carbocycles. The maximum atomic E-state index is 11.6. The first-order valence-corrected chi connectivity index (χ1v) is 5.62. The predicted octanol–water partition coefficient (Wildman–Crippen LogP) is 1.34. The van der Waals surface area contributed by atoms with Gasteiger partial charge in [-0.1, -0.05) is 13.8 Å². The van der Waals surface area contributed by atoms with Gasteiger partial charge in [0.2, 0.25) is 0 Å². The fraction of sp³-hybridized carbons (Fsp3) is 0.750. The van der Waals surface area contributed by atoms with Gasteiger partial charge in [-0.2, -0.15) is 0 Å². The SMILES string of the molecule is CC(=O)OCC(COC(C)=O)CC(=O)C(C)C. The van der Waals surface area contributed by atoms with E-state index in [1.54, 1.807) is 13.8 Å². The van der Waals surface area contributed by atoms with E-state index in [9.17, 15) is 14.4 Å². The zero-order valence-electron chi connectivity index (χ0n) is 10.8. The summed E-state index contributed by atoms with van der Waals surface area (Å²) in [5.41, 5.74) is 0. The number of esters is 2. The van der Waals surface area contributed by atoms with Crippen LogP contribution in [0.3, 0.4) is 0 Å². The number of hydrogen-bond donors (Lipinski definition) is 0. The minimum absolute atomic E-state index is 0.0642. The molecule has 0 aliphatic rings. The van der Waals surface area contributed by atoms with Crippen molar-refractivity contribution in [3.63, 3.8) is 0 Å². The van der Waals surface area contributed by atoms with Gasteiger partial charge in [-0.05, 0) is 0 Å². The molecule has 0 fully saturated rings. The van der Waals surface area contributed by atoms with E-state index in [0.29, 0.717) is 0 Å². The Morgan fingerprint density at radius 3 is 1.65 bits per heavy atom. The van der Waals surface area contributed by atoms with Crippen molar-refractivity contribution in [3.05, 3.63) is 0 Å². The number of carbonyl (C=O) groups excluding carboxylic acids is 3. The van der Waals surface area contributed by atoms with Gasteiger partial charge in [-0.3, -0.25) is 14.4 Å². The first kappa shape index (κ1) is 15.6. The highest BCUT2D eigenvalue weighted by Crippen LogP contribution is 2.10. The highest BCUT2D eigenvalue weighted by molar-refractivity contribution is 5.80. The Balaban J connectivity index is 4.23. The normalized spacial score (nSPS) is 10.5. The number of rotatable bonds is 7. The molecule has 0 aliphatic heterocycles. The lowest BCUT2D eigenvalue weighted by Crippen LogP contribution is -2.24. The van der Waals surface area contributed by atoms with Crippen molar-refractivity contribution < 1.29 is 23.9 Å². The lowest BCUT2D eigenvalue weighted by Gasteiger charge is -2.16. The van der Waals surface area contributed by atoms with Crippen LogP contribution in [0.4, 0.5) is 0 Å². The second-order valence-electron chi connectivity index (χ2n) is 4.30. The second kappa shape index (κ2) is 7.81. The van der Waals surface area contributed by atoms with Crippen LogP contribution in [0.1, 0.15) is 34.1 Å². The fourth-order valence-corrected chi connectivity index (χ4v) is 1.16. The molecule has 0 aromatic carbocycles. The molecule has 0 spiro atoms. The summed E-state index contributed by atoms with van der Waals surface area (Å²) in [5.74, 6) is -1.09. The third-order valence-corrected chi connectivity index (χ3v) is 2.18. The average Bonchev–Trinajstić information content (AvgIpc) is 2.21. The van der Waals surface area contributed by atoms with Gasteiger partial charge in [0.05, 0.1) is 13.2 Å². The molecule has 0 atom stereocenters. The number of hydrogen-bond acceptors (Lipinski definition) is 5. The molecule has 0 N–H and O–H groups in total. The van der Waals surface area contributed by atoms with E-state index in [1.165, 1.54) is 13.8 Å². The molecule has 0 amide bonds. The highest BCUT2D eigenvalue weighted by Gasteiger charge is 2.18. The third kappa shape index (κ3) is 8.42. The Morgan fingerprint density at radius 1 is 0.941 bits per heavy atom. The minimum atomic E-state index is -0.408. The quantitative estimate of drug-likeness (QED) is 0.632. The average molecular weight is 244 g/mol. The van der Waals surface area contributed by atoms with Crippen molar-refractivity contribution in [3.8, 4) is 0 Å². The van der Waals surface area contributed by atoms with Crippen molar-refractivity contribution in [2.75, 3.05) is 13.2 Å². The van der Waals surface area contributed by atoms with Crippen molar-refractivity contribution in [2.24, 2.45) is 11.8 Å². The van der Waals surface area contributed by atoms with E-state index in [-0.39, 0.29) is 37.3 Å². The fourth-order valence-electron chi connectivity index (χ4n) is 1.16. The van der Waals surface area contributed by atoms with Crippen LogP contribution in [0.2, 0.25) is 0 Å². The topological polar surface area (TPSA) is 69.7 Å². The summed E-state index contributed by atoms with van der Waals surface area (Å²) in [5, 5.41) is 0. The lowest BCUT2D eigenvalue weighted by molar-refractivity contribution is -0.147. The molecule has 0 heterocycles. The Morgan fingerprint density at radius 2 is 1.35 bits per heavy atom. The van der Waals surface area contributed by atoms with Gasteiger partial charge in [-0.25, -0.2) is 0 Å². The number of Topliss-reactive ketones (excluding diaryl/α,β-unsaturated/α-hetero) is 1. The van der Waals surface area contributed by atoms with Crippen LogP contribution in [-0.4, -0.2) is 30.9 Å². The Bertz CT molecular complexity index is 265. The van der Waals surface area contributed by atoms with Crippen molar-refractivity contribution in [1.82, 2.24) is 0 Å². The number of carbonyl (C=O) groups is 3. The molecule has 0 aromatic heterocycles. The molecule has 5 nitrogen and oxygen atoms in total. The Kier molecular flexibility index (Phi) is 7.18. The molecule has 0 unspecified atom stereocenters. The van der Waals surface area contributed by atoms with Crippen LogP contribution < -0.4 is 0 Å². The third-order valence-electron chi connectivity index (χ3n) is 2.18. The van der Waals surface area contributed by atoms with Crippen molar-refractivity contribution in [2.45, 2.75) is 34.1 Å². The standard InChI is InChI=1S/C12H20O5/c1-8(2)12(15)5-11(6-16-9(3)13)7-17-10(4)14/h8,11H,5-7H2,1-4H3. The molecule has 17 heavy (non-hydrogen) atoms. The first-order valence-electron chi connectivity index (χ1n) is 5.62. The summed E-state index contributed by atoms with van der Waals surface area (Å²) in [6.07, 6.45) is 0.248. The summed E-state index contributed by atoms with van der Waals surface area (Å²) >= 11 is 0. The number of ether oxygens (including phenoxy) is 2. The molecule has 98 valence electrons. The summed E-state index contributed by atoms with van der Waals surface area (Å²) < 4.78 is 9.67. The summed E-state index contributed by atoms with van der Waals surface area (Å²) in [4.78, 5) is 32.9. The van der Waals surface area contributed by atoms with E-state index in [1.807, 2.05) is 0 Å². The van der Waals surface area contributed by atoms with Crippen molar-refractivity contribution >= 4 is 17.7 Å². The number of ketones is 1. The zero-order chi connectivity index (χ0) is 13.4. The maximum Gasteiger partial charge on any atom is 0.302 e. The summed E-state index contributed by atoms with van der Waals surface area (Å²) in [7, 11) is 0. The van der Waals surface area contributed by atoms with E-state index in [2.05, 4.69) is 0 Å². The summed E-state index contributed by atoms with van der Waals surface area (Å²) in [6.45, 7) is 6.40. The zero-order valence-corrected chi connectivity index (χ0v) is 10.8. The van der Waals surface area contributed by atoms with Crippen molar-refractivity contribution in [1.29, 1.82) is 0 Å². The van der Waals surface area contributed by atoms with Crippen LogP contribution in [0.5, 0.6) is 0 Å². The Labute approximate surface area is 101 Å². The molecule has 0 radical (unpaired) electrons. The summed E-state index contributed by atoms with van der Waals surface area (Å²) in [6, 6.07) is 0. The van der Waals surface area contributed by atoms with Crippen LogP contribution >= 0.6 is 0 Å². The monoisotopic (exact) mass is 244 g/mol. The van der Waals surface area contributed by atoms with Gasteiger partial charge in [0.25, 0.3) is 0 Å². The Hall–Kier alpha value is -1.39. The maximum absolute atomic E-state index is 11.6. The predicted molar refractivity (Wildman–Crippen MR) is 61.2 cm³/mol. The molecular formula is C12H20O5. The lowest BCUT2D eigenvalue weighted by atomic mass is 9.97. The van der Waals surface area contributed by atoms with Gasteiger partial charge in [0.15, 0.2) is 0 Å². The second-order valence-corrected chi connectivity index (χ2v) is 4.30. The van der Waals surface area contributed by atoms with Gasteiger partial charge in [-0.15, -0.1) is 0 Å². The van der Waals surface area contributed by atoms with Crippen LogP contribution in [0, 0.1) is 11.8 Å². The van der Waals surface area contributed by atoms with Crippen LogP contribution in [0.15, 0.2) is 0 Å². The van der Waals surface area contributed by atoms with Gasteiger partial charge >= 0.3 is 11.9 Å². The van der Waals surface area contributed by atoms with Gasteiger partial charge in [0.1, 0.15) is 5.78 Å². The van der Waals surface area contributed by atoms with E-state index >= 15 is 0 Å². The van der Waals surface area contributed by atoms with Gasteiger partial charge in [0, 0.05) is 32.1 Å². The first-order chi connectivity index (χ1) is 7.82. The largest absolute Gasteiger partial charge is 0.465 e. The van der Waals surface area contributed by atoms with E-state index < -0.39 is 11.9 Å². The van der Waals surface area contributed by atoms with Gasteiger partial charge < -0.3 is 9.47 Å². The molecule has 5 heteroatoms. The molecule has 0 bridgehead atoms. The minimum Gasteiger partial charge on any atom is -0.465 e.